The van der Waals surface area contributed by atoms with Crippen molar-refractivity contribution in [3.8, 4) is 0 Å². The van der Waals surface area contributed by atoms with Crippen LogP contribution in [0.2, 0.25) is 0 Å². The fourth-order valence-electron chi connectivity index (χ4n) is 3.75. The van der Waals surface area contributed by atoms with Gasteiger partial charge in [0.2, 0.25) is 5.91 Å². The first kappa shape index (κ1) is 24.3. The van der Waals surface area contributed by atoms with Crippen LogP contribution in [0.3, 0.4) is 0 Å². The third-order valence-corrected chi connectivity index (χ3v) is 5.54. The van der Waals surface area contributed by atoms with Gasteiger partial charge in [-0.15, -0.1) is 0 Å². The van der Waals surface area contributed by atoms with Crippen molar-refractivity contribution in [3.05, 3.63) is 65.7 Å². The van der Waals surface area contributed by atoms with E-state index in [4.69, 9.17) is 4.74 Å². The second-order valence-corrected chi connectivity index (χ2v) is 9.55. The van der Waals surface area contributed by atoms with Gasteiger partial charge in [0.15, 0.2) is 0 Å². The molecular formula is C26H33N3O4. The van der Waals surface area contributed by atoms with Crippen molar-refractivity contribution < 1.29 is 19.1 Å². The number of alkyl carbamates (subject to hydrolysis) is 1. The van der Waals surface area contributed by atoms with Crippen molar-refractivity contribution in [2.75, 3.05) is 11.9 Å². The predicted octanol–water partition coefficient (Wildman–Crippen LogP) is 4.44. The number of ether oxygens (including phenoxy) is 1. The standard InChI is InChI=1S/C26H33N3O4/c1-17-11-9-10-14-20(17)28-24(31)23(19-12-7-6-8-13-19)29(21-15-18(21)2)22(30)16-27-25(32)33-26(3,4)5/h6-14,18,21,23H,15-16H2,1-5H3,(H,27,32)(H,28,31). The normalized spacial score (nSPS) is 18.1. The molecule has 3 rings (SSSR count). The summed E-state index contributed by atoms with van der Waals surface area (Å²) in [5.41, 5.74) is 1.68. The summed E-state index contributed by atoms with van der Waals surface area (Å²) >= 11 is 0. The monoisotopic (exact) mass is 451 g/mol. The molecular weight excluding hydrogens is 418 g/mol. The number of rotatable bonds is 7. The number of aryl methyl sites for hydroxylation is 1. The molecule has 3 amide bonds. The number of carbonyl (C=O) groups excluding carboxylic acids is 3. The average Bonchev–Trinajstić information content (AvgIpc) is 3.47. The zero-order valence-electron chi connectivity index (χ0n) is 19.9. The van der Waals surface area contributed by atoms with Gasteiger partial charge in [-0.3, -0.25) is 9.59 Å². The molecule has 0 spiro atoms. The molecule has 7 nitrogen and oxygen atoms in total. The van der Waals surface area contributed by atoms with Gasteiger partial charge >= 0.3 is 6.09 Å². The van der Waals surface area contributed by atoms with Crippen molar-refractivity contribution >= 4 is 23.6 Å². The van der Waals surface area contributed by atoms with E-state index in [0.29, 0.717) is 11.3 Å². The van der Waals surface area contributed by atoms with Gasteiger partial charge in [0, 0.05) is 11.7 Å². The molecule has 2 N–H and O–H groups in total. The number of nitrogens with one attached hydrogen (secondary N) is 2. The van der Waals surface area contributed by atoms with Gasteiger partial charge in [-0.2, -0.15) is 0 Å². The number of anilines is 1. The number of hydrogen-bond donors (Lipinski definition) is 2. The Hall–Kier alpha value is -3.35. The first-order chi connectivity index (χ1) is 15.6. The first-order valence-corrected chi connectivity index (χ1v) is 11.3. The second kappa shape index (κ2) is 10.1. The lowest BCUT2D eigenvalue weighted by Crippen LogP contribution is -2.48. The van der Waals surface area contributed by atoms with Crippen LogP contribution in [0.5, 0.6) is 0 Å². The van der Waals surface area contributed by atoms with Crippen LogP contribution in [0.15, 0.2) is 54.6 Å². The Morgan fingerprint density at radius 3 is 2.24 bits per heavy atom. The predicted molar refractivity (Wildman–Crippen MR) is 128 cm³/mol. The van der Waals surface area contributed by atoms with Crippen LogP contribution in [0.4, 0.5) is 10.5 Å². The highest BCUT2D eigenvalue weighted by atomic mass is 16.6. The average molecular weight is 452 g/mol. The molecule has 1 saturated carbocycles. The lowest BCUT2D eigenvalue weighted by Gasteiger charge is -2.32. The quantitative estimate of drug-likeness (QED) is 0.652. The highest BCUT2D eigenvalue weighted by Crippen LogP contribution is 2.40. The highest BCUT2D eigenvalue weighted by Gasteiger charge is 2.46. The molecule has 0 radical (unpaired) electrons. The maximum Gasteiger partial charge on any atom is 0.408 e. The smallest absolute Gasteiger partial charge is 0.408 e. The van der Waals surface area contributed by atoms with E-state index in [0.717, 1.165) is 12.0 Å². The summed E-state index contributed by atoms with van der Waals surface area (Å²) in [7, 11) is 0. The van der Waals surface area contributed by atoms with E-state index in [1.54, 1.807) is 25.7 Å². The number of hydrogen-bond acceptors (Lipinski definition) is 4. The molecule has 176 valence electrons. The fourth-order valence-corrected chi connectivity index (χ4v) is 3.75. The van der Waals surface area contributed by atoms with Gasteiger partial charge in [0.25, 0.3) is 5.91 Å². The van der Waals surface area contributed by atoms with E-state index in [9.17, 15) is 14.4 Å². The maximum absolute atomic E-state index is 13.6. The molecule has 0 bridgehead atoms. The summed E-state index contributed by atoms with van der Waals surface area (Å²) in [6, 6.07) is 15.9. The van der Waals surface area contributed by atoms with Crippen LogP contribution < -0.4 is 10.6 Å². The van der Waals surface area contributed by atoms with Crippen LogP contribution >= 0.6 is 0 Å². The van der Waals surface area contributed by atoms with Crippen LogP contribution in [0, 0.1) is 12.8 Å². The highest BCUT2D eigenvalue weighted by molar-refractivity contribution is 5.99. The minimum absolute atomic E-state index is 0.0780. The minimum Gasteiger partial charge on any atom is -0.444 e. The Morgan fingerprint density at radius 1 is 1.06 bits per heavy atom. The number of amides is 3. The summed E-state index contributed by atoms with van der Waals surface area (Å²) in [5, 5.41) is 5.53. The van der Waals surface area contributed by atoms with Gasteiger partial charge in [0.1, 0.15) is 18.2 Å². The summed E-state index contributed by atoms with van der Waals surface area (Å²) in [4.78, 5) is 40.6. The molecule has 0 saturated heterocycles. The second-order valence-electron chi connectivity index (χ2n) is 9.55. The lowest BCUT2D eigenvalue weighted by molar-refractivity contribution is -0.139. The SMILES string of the molecule is Cc1ccccc1NC(=O)C(c1ccccc1)N(C(=O)CNC(=O)OC(C)(C)C)C1CC1C. The summed E-state index contributed by atoms with van der Waals surface area (Å²) in [6.45, 7) is 8.99. The van der Waals surface area contributed by atoms with Crippen molar-refractivity contribution in [1.82, 2.24) is 10.2 Å². The molecule has 0 aromatic heterocycles. The Balaban J connectivity index is 1.86. The van der Waals surface area contributed by atoms with Gasteiger partial charge in [-0.05, 0) is 57.2 Å². The van der Waals surface area contributed by atoms with Crippen molar-refractivity contribution in [2.24, 2.45) is 5.92 Å². The Labute approximate surface area is 195 Å². The molecule has 1 aliphatic rings. The van der Waals surface area contributed by atoms with Crippen molar-refractivity contribution in [3.63, 3.8) is 0 Å². The van der Waals surface area contributed by atoms with Crippen LogP contribution in [-0.4, -0.2) is 41.0 Å². The van der Waals surface area contributed by atoms with Gasteiger partial charge in [-0.1, -0.05) is 55.5 Å². The number of para-hydroxylation sites is 1. The van der Waals surface area contributed by atoms with Gasteiger partial charge in [0.05, 0.1) is 0 Å². The number of carbonyl (C=O) groups is 3. The molecule has 0 heterocycles. The van der Waals surface area contributed by atoms with Crippen LogP contribution in [0.1, 0.15) is 51.3 Å². The van der Waals surface area contributed by atoms with E-state index in [-0.39, 0.29) is 30.3 Å². The molecule has 3 unspecified atom stereocenters. The number of benzene rings is 2. The zero-order chi connectivity index (χ0) is 24.2. The van der Waals surface area contributed by atoms with Gasteiger partial charge in [-0.25, -0.2) is 4.79 Å². The Bertz CT molecular complexity index is 1000. The van der Waals surface area contributed by atoms with Crippen molar-refractivity contribution in [1.29, 1.82) is 0 Å². The largest absolute Gasteiger partial charge is 0.444 e. The zero-order valence-corrected chi connectivity index (χ0v) is 19.9. The third-order valence-electron chi connectivity index (χ3n) is 5.54. The maximum atomic E-state index is 13.6. The van der Waals surface area contributed by atoms with Crippen molar-refractivity contribution in [2.45, 2.75) is 58.7 Å². The van der Waals surface area contributed by atoms with Crippen LogP contribution in [-0.2, 0) is 14.3 Å². The molecule has 3 atom stereocenters. The minimum atomic E-state index is -0.825. The number of nitrogens with zero attached hydrogens (tertiary/aromatic N) is 1. The molecule has 0 aliphatic heterocycles. The van der Waals surface area contributed by atoms with E-state index < -0.39 is 17.7 Å². The van der Waals surface area contributed by atoms with E-state index in [1.165, 1.54) is 0 Å². The first-order valence-electron chi connectivity index (χ1n) is 11.3. The summed E-state index contributed by atoms with van der Waals surface area (Å²) in [5.74, 6) is -0.350. The van der Waals surface area contributed by atoms with E-state index >= 15 is 0 Å². The molecule has 33 heavy (non-hydrogen) atoms. The fraction of sp³-hybridized carbons (Fsp3) is 0.423. The summed E-state index contributed by atoms with van der Waals surface area (Å²) in [6.07, 6.45) is 0.138. The van der Waals surface area contributed by atoms with E-state index in [2.05, 4.69) is 10.6 Å². The molecule has 2 aromatic rings. The molecule has 1 aliphatic carbocycles. The van der Waals surface area contributed by atoms with Crippen LogP contribution in [0.25, 0.3) is 0 Å². The molecule has 1 fully saturated rings. The Kier molecular flexibility index (Phi) is 7.41. The molecule has 2 aromatic carbocycles. The summed E-state index contributed by atoms with van der Waals surface area (Å²) < 4.78 is 5.25. The topological polar surface area (TPSA) is 87.7 Å². The molecule has 7 heteroatoms. The lowest BCUT2D eigenvalue weighted by atomic mass is 10.0. The van der Waals surface area contributed by atoms with Gasteiger partial charge < -0.3 is 20.3 Å². The Morgan fingerprint density at radius 2 is 1.67 bits per heavy atom. The van der Waals surface area contributed by atoms with E-state index in [1.807, 2.05) is 68.4 Å². The third kappa shape index (κ3) is 6.57.